The van der Waals surface area contributed by atoms with E-state index in [1.807, 2.05) is 24.3 Å². The van der Waals surface area contributed by atoms with Crippen molar-refractivity contribution in [2.75, 3.05) is 7.11 Å². The fraction of sp³-hybridized carbons (Fsp3) is 0.231. The number of aromatic nitrogens is 2. The maximum absolute atomic E-state index is 11.4. The normalized spacial score (nSPS) is 13.5. The molecule has 0 bridgehead atoms. The van der Waals surface area contributed by atoms with Gasteiger partial charge in [-0.05, 0) is 48.1 Å². The molecule has 0 radical (unpaired) electrons. The molecule has 0 saturated heterocycles. The van der Waals surface area contributed by atoms with Gasteiger partial charge in [0.1, 0.15) is 5.75 Å². The number of rotatable bonds is 7. The van der Waals surface area contributed by atoms with Crippen LogP contribution in [0.2, 0.25) is 0 Å². The summed E-state index contributed by atoms with van der Waals surface area (Å²) in [7, 11) is 1.65. The average Bonchev–Trinajstić information content (AvgIpc) is 3.60. The van der Waals surface area contributed by atoms with Crippen molar-refractivity contribution in [3.05, 3.63) is 72.6 Å². The number of hydrogen-bond donors (Lipinski definition) is 1. The number of aryl methyl sites for hydroxylation is 1. The van der Waals surface area contributed by atoms with Crippen molar-refractivity contribution in [2.45, 2.75) is 31.7 Å². The zero-order chi connectivity index (χ0) is 21.4. The molecule has 1 saturated carbocycles. The van der Waals surface area contributed by atoms with Crippen LogP contribution in [0.25, 0.3) is 33.3 Å². The fourth-order valence-electron chi connectivity index (χ4n) is 4.40. The Morgan fingerprint density at radius 2 is 1.97 bits per heavy atom. The third kappa shape index (κ3) is 3.56. The molecule has 2 aromatic carbocycles. The number of hydrogen-bond acceptors (Lipinski definition) is 3. The van der Waals surface area contributed by atoms with Crippen molar-refractivity contribution in [1.82, 2.24) is 9.55 Å². The molecule has 1 aliphatic carbocycles. The number of carbonyl (C=O) groups is 1. The molecule has 0 atom stereocenters. The molecule has 2 aromatic heterocycles. The lowest BCUT2D eigenvalue weighted by atomic mass is 9.97. The quantitative estimate of drug-likeness (QED) is 0.421. The Kier molecular flexibility index (Phi) is 4.94. The fourth-order valence-corrected chi connectivity index (χ4v) is 4.40. The van der Waals surface area contributed by atoms with Crippen LogP contribution >= 0.6 is 0 Å². The van der Waals surface area contributed by atoms with E-state index < -0.39 is 5.97 Å². The van der Waals surface area contributed by atoms with E-state index in [1.165, 1.54) is 18.4 Å². The number of carboxylic acids is 1. The maximum atomic E-state index is 11.4. The molecule has 0 aliphatic heterocycles. The van der Waals surface area contributed by atoms with Gasteiger partial charge in [0.05, 0.1) is 25.4 Å². The molecule has 0 spiro atoms. The zero-order valence-electron chi connectivity index (χ0n) is 17.4. The van der Waals surface area contributed by atoms with Gasteiger partial charge in [0.2, 0.25) is 0 Å². The summed E-state index contributed by atoms with van der Waals surface area (Å²) in [6, 6.07) is 18.8. The van der Waals surface area contributed by atoms with Crippen LogP contribution < -0.4 is 4.74 Å². The van der Waals surface area contributed by atoms with Crippen molar-refractivity contribution in [2.24, 2.45) is 0 Å². The van der Waals surface area contributed by atoms with Gasteiger partial charge in [-0.15, -0.1) is 0 Å². The number of ether oxygens (including phenoxy) is 1. The molecule has 5 nitrogen and oxygen atoms in total. The van der Waals surface area contributed by atoms with Crippen molar-refractivity contribution in [3.8, 4) is 28.1 Å². The van der Waals surface area contributed by atoms with Crippen LogP contribution in [-0.2, 0) is 11.3 Å². The highest BCUT2D eigenvalue weighted by atomic mass is 16.5. The predicted molar refractivity (Wildman–Crippen MR) is 121 cm³/mol. The summed E-state index contributed by atoms with van der Waals surface area (Å²) in [5.74, 6) is 0.520. The summed E-state index contributed by atoms with van der Waals surface area (Å²) >= 11 is 0. The molecule has 5 heteroatoms. The first-order valence-electron chi connectivity index (χ1n) is 10.6. The maximum Gasteiger partial charge on any atom is 0.305 e. The highest BCUT2D eigenvalue weighted by Crippen LogP contribution is 2.47. The van der Waals surface area contributed by atoms with E-state index in [4.69, 9.17) is 4.74 Å². The Hall–Kier alpha value is -3.60. The smallest absolute Gasteiger partial charge is 0.305 e. The van der Waals surface area contributed by atoms with E-state index in [0.717, 1.165) is 33.3 Å². The number of methoxy groups -OCH3 is 1. The van der Waals surface area contributed by atoms with Crippen LogP contribution in [0.5, 0.6) is 5.75 Å². The van der Waals surface area contributed by atoms with Gasteiger partial charge >= 0.3 is 5.97 Å². The minimum Gasteiger partial charge on any atom is -0.494 e. The molecule has 1 N–H and O–H groups in total. The summed E-state index contributed by atoms with van der Waals surface area (Å²) in [6.45, 7) is 0.395. The summed E-state index contributed by atoms with van der Waals surface area (Å²) < 4.78 is 7.81. The van der Waals surface area contributed by atoms with Crippen LogP contribution in [0.4, 0.5) is 0 Å². The minimum absolute atomic E-state index is 0.0565. The second kappa shape index (κ2) is 7.91. The second-order valence-electron chi connectivity index (χ2n) is 8.01. The van der Waals surface area contributed by atoms with Crippen LogP contribution in [0.1, 0.15) is 30.7 Å². The van der Waals surface area contributed by atoms with Crippen molar-refractivity contribution < 1.29 is 14.6 Å². The Bertz CT molecular complexity index is 1260. The van der Waals surface area contributed by atoms with Crippen molar-refractivity contribution in [1.29, 1.82) is 0 Å². The van der Waals surface area contributed by atoms with Gasteiger partial charge in [0.25, 0.3) is 0 Å². The molecular weight excluding hydrogens is 388 g/mol. The molecule has 156 valence electrons. The number of nitrogens with zero attached hydrogens (tertiary/aromatic N) is 2. The lowest BCUT2D eigenvalue weighted by molar-refractivity contribution is -0.137. The third-order valence-electron chi connectivity index (χ3n) is 6.01. The number of fused-ring (bicyclic) bond motifs is 1. The molecule has 4 aromatic rings. The first-order valence-corrected chi connectivity index (χ1v) is 10.6. The Morgan fingerprint density at radius 3 is 2.68 bits per heavy atom. The van der Waals surface area contributed by atoms with E-state index in [9.17, 15) is 9.90 Å². The first-order chi connectivity index (χ1) is 15.2. The summed E-state index contributed by atoms with van der Waals surface area (Å²) in [5, 5.41) is 10.5. The predicted octanol–water partition coefficient (Wildman–Crippen LogP) is 5.73. The topological polar surface area (TPSA) is 64.4 Å². The summed E-state index contributed by atoms with van der Waals surface area (Å²) in [4.78, 5) is 15.7. The van der Waals surface area contributed by atoms with Gasteiger partial charge in [-0.2, -0.15) is 0 Å². The van der Waals surface area contributed by atoms with Crippen molar-refractivity contribution in [3.63, 3.8) is 0 Å². The Balaban J connectivity index is 1.86. The average molecular weight is 412 g/mol. The monoisotopic (exact) mass is 412 g/mol. The van der Waals surface area contributed by atoms with E-state index in [1.54, 1.807) is 19.5 Å². The van der Waals surface area contributed by atoms with Crippen LogP contribution in [0.3, 0.4) is 0 Å². The number of carboxylic acid groups (broad SMARTS) is 1. The van der Waals surface area contributed by atoms with Gasteiger partial charge in [-0.25, -0.2) is 0 Å². The van der Waals surface area contributed by atoms with Crippen LogP contribution in [0.15, 0.2) is 67.0 Å². The second-order valence-corrected chi connectivity index (χ2v) is 8.01. The lowest BCUT2D eigenvalue weighted by Crippen LogP contribution is -2.06. The van der Waals surface area contributed by atoms with Gasteiger partial charge in [0, 0.05) is 34.8 Å². The minimum atomic E-state index is -0.807. The number of pyridine rings is 1. The standard InChI is InChI=1S/C26H24N2O3/c1-31-23-16-27-13-11-20(23)25-21-15-19(17-7-8-17)9-10-22(21)28(14-12-24(29)30)26(25)18-5-3-2-4-6-18/h2-6,9-11,13,15-17H,7-8,12,14H2,1H3,(H,29,30). The Labute approximate surface area is 180 Å². The van der Waals surface area contributed by atoms with Crippen LogP contribution in [-0.4, -0.2) is 27.7 Å². The zero-order valence-corrected chi connectivity index (χ0v) is 17.4. The molecule has 0 unspecified atom stereocenters. The van der Waals surface area contributed by atoms with Gasteiger partial charge in [-0.1, -0.05) is 36.4 Å². The van der Waals surface area contributed by atoms with Crippen molar-refractivity contribution >= 4 is 16.9 Å². The van der Waals surface area contributed by atoms with E-state index in [-0.39, 0.29) is 6.42 Å². The molecule has 5 rings (SSSR count). The third-order valence-corrected chi connectivity index (χ3v) is 6.01. The molecule has 1 fully saturated rings. The van der Waals surface area contributed by atoms with Crippen LogP contribution in [0, 0.1) is 0 Å². The summed E-state index contributed by atoms with van der Waals surface area (Å²) in [6.07, 6.45) is 6.02. The number of aliphatic carboxylic acids is 1. The first kappa shape index (κ1) is 19.4. The SMILES string of the molecule is COc1cnccc1-c1c(-c2ccccc2)n(CCC(=O)O)c2ccc(C3CC3)cc12. The largest absolute Gasteiger partial charge is 0.494 e. The van der Waals surface area contributed by atoms with E-state index in [0.29, 0.717) is 18.2 Å². The molecule has 2 heterocycles. The van der Waals surface area contributed by atoms with E-state index >= 15 is 0 Å². The molecule has 1 aliphatic rings. The van der Waals surface area contributed by atoms with Gasteiger partial charge < -0.3 is 14.4 Å². The highest BCUT2D eigenvalue weighted by molar-refractivity contribution is 6.06. The molecular formula is C26H24N2O3. The van der Waals surface area contributed by atoms with Gasteiger partial charge in [0.15, 0.2) is 0 Å². The molecule has 0 amide bonds. The highest BCUT2D eigenvalue weighted by Gasteiger charge is 2.27. The van der Waals surface area contributed by atoms with Gasteiger partial charge in [-0.3, -0.25) is 9.78 Å². The molecule has 31 heavy (non-hydrogen) atoms. The van der Waals surface area contributed by atoms with E-state index in [2.05, 4.69) is 39.9 Å². The number of benzene rings is 2. The summed E-state index contributed by atoms with van der Waals surface area (Å²) in [5.41, 5.74) is 6.46. The Morgan fingerprint density at radius 1 is 1.16 bits per heavy atom. The lowest BCUT2D eigenvalue weighted by Gasteiger charge is -2.13.